The van der Waals surface area contributed by atoms with E-state index < -0.39 is 23.6 Å². The Hall–Kier alpha value is -2.70. The Labute approximate surface area is 138 Å². The lowest BCUT2D eigenvalue weighted by atomic mass is 10.1. The first-order chi connectivity index (χ1) is 11.5. The first-order valence-electron chi connectivity index (χ1n) is 7.85. The van der Waals surface area contributed by atoms with Crippen molar-refractivity contribution in [3.63, 3.8) is 0 Å². The average molecular weight is 331 g/mol. The number of nitrogens with one attached hydrogen (secondary N) is 1. The van der Waals surface area contributed by atoms with Crippen LogP contribution in [0.5, 0.6) is 0 Å². The van der Waals surface area contributed by atoms with Gasteiger partial charge in [0.15, 0.2) is 5.69 Å². The largest absolute Gasteiger partial charge is 0.481 e. The fourth-order valence-corrected chi connectivity index (χ4v) is 2.86. The quantitative estimate of drug-likeness (QED) is 0.877. The monoisotopic (exact) mass is 331 g/mol. The second kappa shape index (κ2) is 6.43. The highest BCUT2D eigenvalue weighted by Crippen LogP contribution is 2.28. The number of hydrogen-bond donors (Lipinski definition) is 2. The van der Waals surface area contributed by atoms with Gasteiger partial charge in [-0.2, -0.15) is 5.10 Å². The first-order valence-corrected chi connectivity index (χ1v) is 7.85. The smallest absolute Gasteiger partial charge is 0.308 e. The number of amides is 1. The lowest BCUT2D eigenvalue weighted by Gasteiger charge is -2.08. The average Bonchev–Trinajstić information content (AvgIpc) is 3.15. The van der Waals surface area contributed by atoms with Crippen molar-refractivity contribution in [3.05, 3.63) is 47.0 Å². The number of benzene rings is 1. The van der Waals surface area contributed by atoms with Crippen molar-refractivity contribution >= 4 is 11.9 Å². The maximum absolute atomic E-state index is 14.1. The molecule has 0 spiro atoms. The van der Waals surface area contributed by atoms with Crippen molar-refractivity contribution in [1.29, 1.82) is 0 Å². The van der Waals surface area contributed by atoms with E-state index in [1.165, 1.54) is 17.7 Å². The molecule has 1 heterocycles. The van der Waals surface area contributed by atoms with Crippen LogP contribution in [0.1, 0.15) is 35.1 Å². The second-order valence-corrected chi connectivity index (χ2v) is 5.94. The number of para-hydroxylation sites is 1. The van der Waals surface area contributed by atoms with Crippen molar-refractivity contribution in [2.24, 2.45) is 5.92 Å². The fourth-order valence-electron chi connectivity index (χ4n) is 2.86. The summed E-state index contributed by atoms with van der Waals surface area (Å²) in [4.78, 5) is 23.2. The van der Waals surface area contributed by atoms with Gasteiger partial charge in [-0.05, 0) is 31.4 Å². The summed E-state index contributed by atoms with van der Waals surface area (Å²) in [6.07, 6.45) is 2.32. The molecular weight excluding hydrogens is 313 g/mol. The van der Waals surface area contributed by atoms with Crippen LogP contribution in [0.2, 0.25) is 0 Å². The highest BCUT2D eigenvalue weighted by atomic mass is 19.1. The molecule has 1 unspecified atom stereocenters. The Balaban J connectivity index is 1.91. The van der Waals surface area contributed by atoms with E-state index in [-0.39, 0.29) is 12.2 Å². The van der Waals surface area contributed by atoms with E-state index in [0.717, 1.165) is 24.1 Å². The van der Waals surface area contributed by atoms with Crippen LogP contribution in [0.25, 0.3) is 5.69 Å². The van der Waals surface area contributed by atoms with E-state index in [9.17, 15) is 14.0 Å². The van der Waals surface area contributed by atoms with Gasteiger partial charge in [0, 0.05) is 17.8 Å². The van der Waals surface area contributed by atoms with Crippen molar-refractivity contribution in [3.8, 4) is 5.69 Å². The number of halogens is 1. The molecule has 0 aliphatic heterocycles. The minimum Gasteiger partial charge on any atom is -0.481 e. The zero-order chi connectivity index (χ0) is 17.3. The normalized spacial score (nSPS) is 14.2. The zero-order valence-electron chi connectivity index (χ0n) is 13.3. The summed E-state index contributed by atoms with van der Waals surface area (Å²) >= 11 is 0. The number of carbonyl (C=O) groups excluding carboxylic acids is 1. The van der Waals surface area contributed by atoms with Gasteiger partial charge in [-0.1, -0.05) is 19.1 Å². The number of nitrogens with zero attached hydrogens (tertiary/aromatic N) is 2. The summed E-state index contributed by atoms with van der Waals surface area (Å²) in [5.41, 5.74) is 2.23. The van der Waals surface area contributed by atoms with Gasteiger partial charge in [-0.25, -0.2) is 9.07 Å². The molecule has 6 nitrogen and oxygen atoms in total. The van der Waals surface area contributed by atoms with Gasteiger partial charge >= 0.3 is 5.97 Å². The minimum atomic E-state index is -0.975. The second-order valence-electron chi connectivity index (χ2n) is 5.94. The Bertz CT molecular complexity index is 800. The van der Waals surface area contributed by atoms with E-state index in [1.807, 2.05) is 0 Å². The van der Waals surface area contributed by atoms with Crippen molar-refractivity contribution in [2.75, 3.05) is 6.54 Å². The van der Waals surface area contributed by atoms with Crippen LogP contribution in [0.15, 0.2) is 24.3 Å². The molecule has 7 heteroatoms. The summed E-state index contributed by atoms with van der Waals surface area (Å²) in [5, 5.41) is 15.8. The number of aliphatic carboxylic acids is 1. The number of aromatic nitrogens is 2. The Morgan fingerprint density at radius 2 is 2.12 bits per heavy atom. The van der Waals surface area contributed by atoms with E-state index in [4.69, 9.17) is 5.11 Å². The molecule has 0 radical (unpaired) electrons. The molecule has 1 atom stereocenters. The molecule has 3 rings (SSSR count). The van der Waals surface area contributed by atoms with Gasteiger partial charge in [0.05, 0.1) is 5.92 Å². The number of carboxylic acids is 1. The Morgan fingerprint density at radius 3 is 2.83 bits per heavy atom. The molecule has 24 heavy (non-hydrogen) atoms. The first kappa shape index (κ1) is 16.2. The maximum Gasteiger partial charge on any atom is 0.308 e. The van der Waals surface area contributed by atoms with Crippen molar-refractivity contribution in [2.45, 2.75) is 26.2 Å². The summed E-state index contributed by atoms with van der Waals surface area (Å²) < 4.78 is 15.6. The lowest BCUT2D eigenvalue weighted by molar-refractivity contribution is -0.140. The van der Waals surface area contributed by atoms with E-state index >= 15 is 0 Å². The molecule has 1 aliphatic rings. The molecule has 0 bridgehead atoms. The molecular formula is C17H18FN3O3. The van der Waals surface area contributed by atoms with E-state index in [1.54, 1.807) is 18.2 Å². The molecule has 0 saturated carbocycles. The minimum absolute atomic E-state index is 0.0233. The number of carboxylic acid groups (broad SMARTS) is 1. The van der Waals surface area contributed by atoms with Gasteiger partial charge < -0.3 is 10.4 Å². The molecule has 2 aromatic rings. The third-order valence-corrected chi connectivity index (χ3v) is 4.22. The molecule has 1 aliphatic carbocycles. The Morgan fingerprint density at radius 1 is 1.38 bits per heavy atom. The molecule has 126 valence electrons. The van der Waals surface area contributed by atoms with E-state index in [0.29, 0.717) is 12.1 Å². The van der Waals surface area contributed by atoms with Gasteiger partial charge in [-0.3, -0.25) is 9.59 Å². The van der Waals surface area contributed by atoms with Gasteiger partial charge in [0.1, 0.15) is 11.5 Å². The van der Waals surface area contributed by atoms with Crippen LogP contribution in [-0.2, 0) is 17.6 Å². The van der Waals surface area contributed by atoms with Crippen LogP contribution in [0.4, 0.5) is 4.39 Å². The number of carbonyl (C=O) groups is 2. The number of hydrogen-bond acceptors (Lipinski definition) is 3. The molecule has 0 saturated heterocycles. The summed E-state index contributed by atoms with van der Waals surface area (Å²) in [7, 11) is 0. The molecule has 1 aromatic heterocycles. The predicted octanol–water partition coefficient (Wildman–Crippen LogP) is 1.95. The van der Waals surface area contributed by atoms with Crippen LogP contribution in [0, 0.1) is 11.7 Å². The van der Waals surface area contributed by atoms with Gasteiger partial charge in [-0.15, -0.1) is 0 Å². The van der Waals surface area contributed by atoms with Crippen LogP contribution in [-0.4, -0.2) is 33.3 Å². The standard InChI is InChI=1S/C17H18FN3O3/c1-10(17(23)24)9-19-16(22)15-11-5-4-8-13(11)21(20-15)14-7-3-2-6-12(14)18/h2-3,6-7,10H,4-5,8-9H2,1H3,(H,19,22)(H,23,24). The predicted molar refractivity (Wildman–Crippen MR) is 84.7 cm³/mol. The highest BCUT2D eigenvalue weighted by molar-refractivity contribution is 5.94. The number of rotatable bonds is 5. The van der Waals surface area contributed by atoms with Crippen LogP contribution >= 0.6 is 0 Å². The van der Waals surface area contributed by atoms with Crippen LogP contribution < -0.4 is 5.32 Å². The fraction of sp³-hybridized carbons (Fsp3) is 0.353. The summed E-state index contributed by atoms with van der Waals surface area (Å²) in [5.74, 6) is -2.48. The maximum atomic E-state index is 14.1. The van der Waals surface area contributed by atoms with Gasteiger partial charge in [0.2, 0.25) is 0 Å². The zero-order valence-corrected chi connectivity index (χ0v) is 13.3. The SMILES string of the molecule is CC(CNC(=O)c1nn(-c2ccccc2F)c2c1CCC2)C(=O)O. The van der Waals surface area contributed by atoms with Crippen molar-refractivity contribution < 1.29 is 19.1 Å². The topological polar surface area (TPSA) is 84.2 Å². The lowest BCUT2D eigenvalue weighted by Crippen LogP contribution is -2.32. The summed E-state index contributed by atoms with van der Waals surface area (Å²) in [6, 6.07) is 6.29. The van der Waals surface area contributed by atoms with E-state index in [2.05, 4.69) is 10.4 Å². The summed E-state index contributed by atoms with van der Waals surface area (Å²) in [6.45, 7) is 1.54. The molecule has 2 N–H and O–H groups in total. The molecule has 0 fully saturated rings. The third kappa shape index (κ3) is 2.89. The van der Waals surface area contributed by atoms with Crippen molar-refractivity contribution in [1.82, 2.24) is 15.1 Å². The third-order valence-electron chi connectivity index (χ3n) is 4.22. The molecule has 1 amide bonds. The Kier molecular flexibility index (Phi) is 4.33. The van der Waals surface area contributed by atoms with Crippen LogP contribution in [0.3, 0.4) is 0 Å². The number of fused-ring (bicyclic) bond motifs is 1. The van der Waals surface area contributed by atoms with Gasteiger partial charge in [0.25, 0.3) is 5.91 Å². The highest BCUT2D eigenvalue weighted by Gasteiger charge is 2.28. The molecule has 1 aromatic carbocycles.